The summed E-state index contributed by atoms with van der Waals surface area (Å²) in [5, 5.41) is 19.5. The third-order valence-corrected chi connectivity index (χ3v) is 4.95. The average molecular weight is 515 g/mol. The van der Waals surface area contributed by atoms with E-state index in [1.165, 1.54) is 12.1 Å². The first-order valence-corrected chi connectivity index (χ1v) is 9.97. The van der Waals surface area contributed by atoms with E-state index in [0.29, 0.717) is 18.6 Å². The van der Waals surface area contributed by atoms with Crippen LogP contribution in [0, 0.1) is 0 Å². The zero-order chi connectivity index (χ0) is 23.6. The van der Waals surface area contributed by atoms with Gasteiger partial charge in [-0.3, -0.25) is 4.79 Å². The maximum absolute atomic E-state index is 13.2. The zero-order valence-corrected chi connectivity index (χ0v) is 17.5. The first kappa shape index (κ1) is 25.0. The van der Waals surface area contributed by atoms with Gasteiger partial charge in [-0.2, -0.15) is 26.3 Å². The lowest BCUT2D eigenvalue weighted by atomic mass is 9.90. The number of ether oxygens (including phenoxy) is 1. The number of aryl methyl sites for hydroxylation is 1. The molecule has 0 atom stereocenters. The summed E-state index contributed by atoms with van der Waals surface area (Å²) >= 11 is 2.96. The highest BCUT2D eigenvalue weighted by Gasteiger charge is 2.71. The highest BCUT2D eigenvalue weighted by atomic mass is 79.9. The minimum atomic E-state index is -6.00. The summed E-state index contributed by atoms with van der Waals surface area (Å²) in [6, 6.07) is 5.66. The molecule has 0 fully saturated rings. The van der Waals surface area contributed by atoms with Crippen molar-refractivity contribution in [3.63, 3.8) is 0 Å². The molecule has 0 unspecified atom stereocenters. The van der Waals surface area contributed by atoms with Crippen LogP contribution in [0.4, 0.5) is 26.3 Å². The van der Waals surface area contributed by atoms with Gasteiger partial charge in [0.25, 0.3) is 5.60 Å². The number of hydrogen-bond donors (Lipinski definition) is 2. The van der Waals surface area contributed by atoms with Crippen molar-refractivity contribution in [2.45, 2.75) is 37.7 Å². The van der Waals surface area contributed by atoms with Crippen LogP contribution < -0.4 is 4.74 Å². The first-order valence-electron chi connectivity index (χ1n) is 8.85. The van der Waals surface area contributed by atoms with E-state index in [0.717, 1.165) is 12.1 Å². The van der Waals surface area contributed by atoms with Gasteiger partial charge in [-0.1, -0.05) is 35.3 Å². The molecule has 170 valence electrons. The van der Waals surface area contributed by atoms with Gasteiger partial charge in [0.15, 0.2) is 5.78 Å². The number of carbonyl (C=O) groups is 1. The molecule has 0 radical (unpaired) electrons. The summed E-state index contributed by atoms with van der Waals surface area (Å²) in [6.45, 7) is 1.66. The minimum absolute atomic E-state index is 0.00738. The van der Waals surface area contributed by atoms with Crippen LogP contribution in [0.15, 0.2) is 36.4 Å². The number of aromatic hydroxyl groups is 1. The monoisotopic (exact) mass is 514 g/mol. The van der Waals surface area contributed by atoms with Gasteiger partial charge in [-0.25, -0.2) is 0 Å². The molecule has 4 nitrogen and oxygen atoms in total. The van der Waals surface area contributed by atoms with Crippen LogP contribution in [0.25, 0.3) is 0 Å². The van der Waals surface area contributed by atoms with E-state index in [1.807, 2.05) is 0 Å². The molecule has 0 aliphatic rings. The molecule has 0 aliphatic carbocycles. The van der Waals surface area contributed by atoms with Gasteiger partial charge in [-0.05, 0) is 36.2 Å². The number of aliphatic hydroxyl groups is 1. The van der Waals surface area contributed by atoms with Crippen molar-refractivity contribution in [2.24, 2.45) is 0 Å². The number of benzene rings is 2. The van der Waals surface area contributed by atoms with Crippen LogP contribution in [0.5, 0.6) is 17.2 Å². The van der Waals surface area contributed by atoms with Gasteiger partial charge < -0.3 is 14.9 Å². The Kier molecular flexibility index (Phi) is 7.32. The lowest BCUT2D eigenvalue weighted by Crippen LogP contribution is -2.53. The Bertz CT molecular complexity index is 942. The Balaban J connectivity index is 2.50. The summed E-state index contributed by atoms with van der Waals surface area (Å²) < 4.78 is 84.5. The zero-order valence-electron chi connectivity index (χ0n) is 15.9. The highest BCUT2D eigenvalue weighted by molar-refractivity contribution is 9.09. The standard InChI is InChI=1S/C20H17BrF6O4/c1-2-3-11-8-12(18(30,19(22,23)24)20(25,26)27)4-7-17(11)31-13-5-6-14(15(28)9-13)16(29)10-21/h4-9,28,30H,2-3,10H2,1H3. The normalized spacial score (nSPS) is 12.7. The van der Waals surface area contributed by atoms with Gasteiger partial charge in [0.1, 0.15) is 17.2 Å². The first-order chi connectivity index (χ1) is 14.3. The molecular formula is C20H17BrF6O4. The molecular weight excluding hydrogens is 498 g/mol. The van der Waals surface area contributed by atoms with Crippen molar-refractivity contribution >= 4 is 21.7 Å². The van der Waals surface area contributed by atoms with Crippen LogP contribution in [0.3, 0.4) is 0 Å². The van der Waals surface area contributed by atoms with Crippen molar-refractivity contribution in [2.75, 3.05) is 5.33 Å². The molecule has 31 heavy (non-hydrogen) atoms. The Labute approximate surface area is 181 Å². The Morgan fingerprint density at radius 3 is 2.13 bits per heavy atom. The van der Waals surface area contributed by atoms with Gasteiger partial charge in [0, 0.05) is 11.6 Å². The lowest BCUT2D eigenvalue weighted by molar-refractivity contribution is -0.376. The summed E-state index contributed by atoms with van der Waals surface area (Å²) in [5.74, 6) is -0.857. The second-order valence-corrected chi connectivity index (χ2v) is 7.18. The molecule has 0 heterocycles. The fraction of sp³-hybridized carbons (Fsp3) is 0.350. The third kappa shape index (κ3) is 4.98. The summed E-state index contributed by atoms with van der Waals surface area (Å²) in [7, 11) is 0. The van der Waals surface area contributed by atoms with Crippen molar-refractivity contribution in [1.82, 2.24) is 0 Å². The molecule has 0 bridgehead atoms. The molecule has 2 aromatic carbocycles. The van der Waals surface area contributed by atoms with Crippen LogP contribution in [0.2, 0.25) is 0 Å². The van der Waals surface area contributed by atoms with Gasteiger partial charge in [-0.15, -0.1) is 0 Å². The summed E-state index contributed by atoms with van der Waals surface area (Å²) in [5.41, 5.74) is -6.43. The second kappa shape index (κ2) is 9.07. The molecule has 2 aromatic rings. The maximum atomic E-state index is 13.2. The van der Waals surface area contributed by atoms with Gasteiger partial charge in [0.2, 0.25) is 0 Å². The number of phenols is 1. The third-order valence-electron chi connectivity index (χ3n) is 4.44. The van der Waals surface area contributed by atoms with E-state index >= 15 is 0 Å². The number of Topliss-reactive ketones (excluding diaryl/α,β-unsaturated/α-hetero) is 1. The van der Waals surface area contributed by atoms with Crippen molar-refractivity contribution in [3.05, 3.63) is 53.1 Å². The molecule has 0 spiro atoms. The number of alkyl halides is 7. The van der Waals surface area contributed by atoms with Gasteiger partial charge in [0.05, 0.1) is 10.9 Å². The number of rotatable bonds is 7. The largest absolute Gasteiger partial charge is 0.507 e. The minimum Gasteiger partial charge on any atom is -0.507 e. The van der Waals surface area contributed by atoms with E-state index in [4.69, 9.17) is 4.74 Å². The van der Waals surface area contributed by atoms with Crippen LogP contribution in [-0.2, 0) is 12.0 Å². The fourth-order valence-electron chi connectivity index (χ4n) is 2.87. The molecule has 2 N–H and O–H groups in total. The van der Waals surface area contributed by atoms with E-state index in [2.05, 4.69) is 15.9 Å². The van der Waals surface area contributed by atoms with Gasteiger partial charge >= 0.3 is 12.4 Å². The van der Waals surface area contributed by atoms with E-state index in [-0.39, 0.29) is 34.4 Å². The molecule has 0 amide bonds. The van der Waals surface area contributed by atoms with Crippen LogP contribution >= 0.6 is 15.9 Å². The molecule has 0 saturated heterocycles. The number of carbonyl (C=O) groups excluding carboxylic acids is 1. The maximum Gasteiger partial charge on any atom is 0.430 e. The van der Waals surface area contributed by atoms with Crippen molar-refractivity contribution in [1.29, 1.82) is 0 Å². The molecule has 0 aromatic heterocycles. The van der Waals surface area contributed by atoms with Crippen molar-refractivity contribution < 1.29 is 46.1 Å². The average Bonchev–Trinajstić information content (AvgIpc) is 2.66. The second-order valence-electron chi connectivity index (χ2n) is 6.62. The predicted octanol–water partition coefficient (Wildman–Crippen LogP) is 6.03. The van der Waals surface area contributed by atoms with E-state index in [1.54, 1.807) is 6.92 Å². The molecule has 11 heteroatoms. The number of ketones is 1. The quantitative estimate of drug-likeness (QED) is 0.269. The van der Waals surface area contributed by atoms with E-state index < -0.39 is 35.0 Å². The number of phenolic OH excluding ortho intramolecular Hbond substituents is 1. The topological polar surface area (TPSA) is 66.8 Å². The van der Waals surface area contributed by atoms with Crippen molar-refractivity contribution in [3.8, 4) is 17.2 Å². The Morgan fingerprint density at radius 1 is 1.03 bits per heavy atom. The predicted molar refractivity (Wildman–Crippen MR) is 103 cm³/mol. The summed E-state index contributed by atoms with van der Waals surface area (Å²) in [6.07, 6.45) is -11.6. The van der Waals surface area contributed by atoms with Crippen LogP contribution in [0.1, 0.15) is 34.8 Å². The lowest BCUT2D eigenvalue weighted by Gasteiger charge is -2.33. The Morgan fingerprint density at radius 2 is 1.65 bits per heavy atom. The summed E-state index contributed by atoms with van der Waals surface area (Å²) in [4.78, 5) is 11.7. The molecule has 0 aliphatic heterocycles. The SMILES string of the molecule is CCCc1cc(C(O)(C(F)(F)F)C(F)(F)F)ccc1Oc1ccc(C(=O)CBr)c(O)c1. The highest BCUT2D eigenvalue weighted by Crippen LogP contribution is 2.50. The van der Waals surface area contributed by atoms with E-state index in [9.17, 15) is 41.4 Å². The number of hydrogen-bond acceptors (Lipinski definition) is 4. The molecule has 2 rings (SSSR count). The van der Waals surface area contributed by atoms with Crippen LogP contribution in [-0.4, -0.2) is 33.7 Å². The molecule has 0 saturated carbocycles. The Hall–Kier alpha value is -2.27. The number of halogens is 7. The fourth-order valence-corrected chi connectivity index (χ4v) is 3.17. The smallest absolute Gasteiger partial charge is 0.430 e.